The van der Waals surface area contributed by atoms with E-state index in [0.717, 1.165) is 5.65 Å². The number of aromatic nitrogens is 3. The lowest BCUT2D eigenvalue weighted by atomic mass is 10.3. The number of carbonyl (C=O) groups is 1. The lowest BCUT2D eigenvalue weighted by molar-refractivity contribution is -0.115. The summed E-state index contributed by atoms with van der Waals surface area (Å²) in [5, 5.41) is 26.3. The molecule has 1 aromatic carbocycles. The van der Waals surface area contributed by atoms with Crippen molar-refractivity contribution >= 4 is 47.2 Å². The summed E-state index contributed by atoms with van der Waals surface area (Å²) in [4.78, 5) is 16.5. The van der Waals surface area contributed by atoms with Crippen LogP contribution in [0.3, 0.4) is 0 Å². The standard InChI is InChI=1S/C18H21N7O2.HI/c1-2-19-18(20-11-16-24-23-15-5-3-4-10-25(15)16)21-12-17(27)22-13-6-8-14(26)9-7-13;/h3-10,26H,2,11-12H2,1H3,(H,22,27)(H2,19,20,21);1H. The number of amides is 1. The van der Waals surface area contributed by atoms with E-state index in [1.165, 1.54) is 12.1 Å². The van der Waals surface area contributed by atoms with Gasteiger partial charge in [0.25, 0.3) is 0 Å². The minimum Gasteiger partial charge on any atom is -0.508 e. The molecule has 9 nitrogen and oxygen atoms in total. The highest BCUT2D eigenvalue weighted by Gasteiger charge is 2.07. The Hall–Kier alpha value is -2.89. The van der Waals surface area contributed by atoms with Gasteiger partial charge in [-0.15, -0.1) is 34.2 Å². The van der Waals surface area contributed by atoms with Gasteiger partial charge in [-0.2, -0.15) is 0 Å². The maximum atomic E-state index is 12.1. The molecule has 10 heteroatoms. The number of carbonyl (C=O) groups excluding carboxylic acids is 1. The van der Waals surface area contributed by atoms with Crippen molar-refractivity contribution in [2.45, 2.75) is 13.5 Å². The van der Waals surface area contributed by atoms with Gasteiger partial charge in [-0.05, 0) is 43.3 Å². The van der Waals surface area contributed by atoms with Gasteiger partial charge in [0.1, 0.15) is 12.3 Å². The fourth-order valence-corrected chi connectivity index (χ4v) is 2.40. The number of nitrogens with one attached hydrogen (secondary N) is 3. The number of rotatable bonds is 6. The van der Waals surface area contributed by atoms with Crippen molar-refractivity contribution in [3.63, 3.8) is 0 Å². The normalized spacial score (nSPS) is 11.0. The molecular weight excluding hydrogens is 473 g/mol. The second kappa shape index (κ2) is 10.4. The van der Waals surface area contributed by atoms with Crippen molar-refractivity contribution in [3.05, 3.63) is 54.5 Å². The fraction of sp³-hybridized carbons (Fsp3) is 0.222. The third-order valence-corrected chi connectivity index (χ3v) is 3.67. The summed E-state index contributed by atoms with van der Waals surface area (Å²) in [6.07, 6.45) is 1.88. The maximum Gasteiger partial charge on any atom is 0.243 e. The molecule has 3 rings (SSSR count). The molecule has 2 aromatic heterocycles. The number of nitrogens with zero attached hydrogens (tertiary/aromatic N) is 4. The van der Waals surface area contributed by atoms with E-state index in [1.54, 1.807) is 12.1 Å². The van der Waals surface area contributed by atoms with E-state index in [2.05, 4.69) is 31.1 Å². The summed E-state index contributed by atoms with van der Waals surface area (Å²) in [5.74, 6) is 1.13. The number of anilines is 1. The smallest absolute Gasteiger partial charge is 0.243 e. The van der Waals surface area contributed by atoms with E-state index in [4.69, 9.17) is 0 Å². The average molecular weight is 495 g/mol. The number of benzene rings is 1. The Balaban J connectivity index is 0.00000280. The Kier molecular flexibility index (Phi) is 7.99. The van der Waals surface area contributed by atoms with Gasteiger partial charge in [-0.25, -0.2) is 4.99 Å². The maximum absolute atomic E-state index is 12.1. The first-order chi connectivity index (χ1) is 13.2. The number of pyridine rings is 1. The van der Waals surface area contributed by atoms with Gasteiger partial charge < -0.3 is 21.1 Å². The zero-order valence-corrected chi connectivity index (χ0v) is 17.6. The molecule has 0 bridgehead atoms. The van der Waals surface area contributed by atoms with Gasteiger partial charge in [0, 0.05) is 18.4 Å². The van der Waals surface area contributed by atoms with E-state index in [-0.39, 0.29) is 42.2 Å². The molecule has 0 unspecified atom stereocenters. The molecule has 148 valence electrons. The second-order valence-corrected chi connectivity index (χ2v) is 5.69. The lowest BCUT2D eigenvalue weighted by Crippen LogP contribution is -2.41. The minimum absolute atomic E-state index is 0. The number of aromatic hydroxyl groups is 1. The molecule has 0 atom stereocenters. The number of hydrogen-bond acceptors (Lipinski definition) is 5. The van der Waals surface area contributed by atoms with Crippen molar-refractivity contribution in [2.75, 3.05) is 18.4 Å². The van der Waals surface area contributed by atoms with Crippen LogP contribution in [0.2, 0.25) is 0 Å². The zero-order valence-electron chi connectivity index (χ0n) is 15.3. The van der Waals surface area contributed by atoms with Crippen LogP contribution in [0.25, 0.3) is 5.65 Å². The van der Waals surface area contributed by atoms with Crippen LogP contribution in [-0.2, 0) is 11.3 Å². The Morgan fingerprint density at radius 3 is 2.68 bits per heavy atom. The molecule has 0 fully saturated rings. The first-order valence-electron chi connectivity index (χ1n) is 8.55. The molecule has 0 aliphatic carbocycles. The SMILES string of the molecule is CCNC(=NCc1nnc2ccccn12)NCC(=O)Nc1ccc(O)cc1.I. The molecule has 2 heterocycles. The summed E-state index contributed by atoms with van der Waals surface area (Å²) < 4.78 is 1.87. The fourth-order valence-electron chi connectivity index (χ4n) is 2.40. The molecule has 0 spiro atoms. The zero-order chi connectivity index (χ0) is 19.1. The van der Waals surface area contributed by atoms with Crippen LogP contribution >= 0.6 is 24.0 Å². The second-order valence-electron chi connectivity index (χ2n) is 5.69. The molecule has 0 saturated carbocycles. The number of hydrogen-bond donors (Lipinski definition) is 4. The lowest BCUT2D eigenvalue weighted by Gasteiger charge is -2.11. The third-order valence-electron chi connectivity index (χ3n) is 3.67. The Labute approximate surface area is 179 Å². The van der Waals surface area contributed by atoms with Gasteiger partial charge in [0.05, 0.1) is 6.54 Å². The van der Waals surface area contributed by atoms with Crippen molar-refractivity contribution in [3.8, 4) is 5.75 Å². The largest absolute Gasteiger partial charge is 0.508 e. The summed E-state index contributed by atoms with van der Waals surface area (Å²) in [7, 11) is 0. The number of fused-ring (bicyclic) bond motifs is 1. The van der Waals surface area contributed by atoms with Crippen LogP contribution in [0.5, 0.6) is 5.75 Å². The molecular formula is C18H22IN7O2. The van der Waals surface area contributed by atoms with Crippen molar-refractivity contribution < 1.29 is 9.90 Å². The first-order valence-corrected chi connectivity index (χ1v) is 8.55. The highest BCUT2D eigenvalue weighted by Crippen LogP contribution is 2.13. The van der Waals surface area contributed by atoms with E-state index in [1.807, 2.05) is 35.7 Å². The summed E-state index contributed by atoms with van der Waals surface area (Å²) >= 11 is 0. The topological polar surface area (TPSA) is 116 Å². The molecule has 0 saturated heterocycles. The highest BCUT2D eigenvalue weighted by atomic mass is 127. The molecule has 0 radical (unpaired) electrons. The minimum atomic E-state index is -0.223. The van der Waals surface area contributed by atoms with Gasteiger partial charge in [-0.1, -0.05) is 6.07 Å². The molecule has 1 amide bonds. The van der Waals surface area contributed by atoms with E-state index < -0.39 is 0 Å². The molecule has 0 aliphatic heterocycles. The van der Waals surface area contributed by atoms with Crippen molar-refractivity contribution in [1.29, 1.82) is 0 Å². The molecule has 4 N–H and O–H groups in total. The predicted octanol–water partition coefficient (Wildman–Crippen LogP) is 1.75. The number of phenolic OH excluding ortho intramolecular Hbond substituents is 1. The average Bonchev–Trinajstić information content (AvgIpc) is 3.09. The summed E-state index contributed by atoms with van der Waals surface area (Å²) in [6.45, 7) is 2.97. The quantitative estimate of drug-likeness (QED) is 0.179. The number of phenols is 1. The van der Waals surface area contributed by atoms with Crippen LogP contribution in [0.4, 0.5) is 5.69 Å². The van der Waals surface area contributed by atoms with E-state index in [0.29, 0.717) is 30.6 Å². The summed E-state index contributed by atoms with van der Waals surface area (Å²) in [6, 6.07) is 12.0. The Bertz CT molecular complexity index is 941. The molecule has 0 aliphatic rings. The Morgan fingerprint density at radius 2 is 1.93 bits per heavy atom. The van der Waals surface area contributed by atoms with Crippen LogP contribution in [0.1, 0.15) is 12.7 Å². The number of aliphatic imine (C=N–C) groups is 1. The van der Waals surface area contributed by atoms with Crippen LogP contribution < -0.4 is 16.0 Å². The van der Waals surface area contributed by atoms with Crippen LogP contribution in [0.15, 0.2) is 53.7 Å². The van der Waals surface area contributed by atoms with Crippen LogP contribution in [-0.4, -0.2) is 44.7 Å². The van der Waals surface area contributed by atoms with Gasteiger partial charge in [0.15, 0.2) is 17.4 Å². The van der Waals surface area contributed by atoms with Crippen molar-refractivity contribution in [2.24, 2.45) is 4.99 Å². The van der Waals surface area contributed by atoms with E-state index >= 15 is 0 Å². The van der Waals surface area contributed by atoms with Gasteiger partial charge >= 0.3 is 0 Å². The Morgan fingerprint density at radius 1 is 1.14 bits per heavy atom. The predicted molar refractivity (Wildman–Crippen MR) is 118 cm³/mol. The van der Waals surface area contributed by atoms with Crippen LogP contribution in [0, 0.1) is 0 Å². The van der Waals surface area contributed by atoms with Gasteiger partial charge in [0.2, 0.25) is 5.91 Å². The highest BCUT2D eigenvalue weighted by molar-refractivity contribution is 14.0. The van der Waals surface area contributed by atoms with Crippen molar-refractivity contribution in [1.82, 2.24) is 25.2 Å². The first kappa shape index (κ1) is 21.4. The summed E-state index contributed by atoms with van der Waals surface area (Å²) in [5.41, 5.74) is 1.37. The van der Waals surface area contributed by atoms with E-state index in [9.17, 15) is 9.90 Å². The number of halogens is 1. The molecule has 28 heavy (non-hydrogen) atoms. The number of guanidine groups is 1. The molecule has 3 aromatic rings. The van der Waals surface area contributed by atoms with Gasteiger partial charge in [-0.3, -0.25) is 9.20 Å². The monoisotopic (exact) mass is 495 g/mol. The third kappa shape index (κ3) is 5.81.